The molecule has 1 saturated carbocycles. The Morgan fingerprint density at radius 2 is 1.80 bits per heavy atom. The van der Waals surface area contributed by atoms with Crippen molar-refractivity contribution in [3.8, 4) is 11.1 Å². The van der Waals surface area contributed by atoms with E-state index in [0.717, 1.165) is 51.1 Å². The molecule has 1 aromatic carbocycles. The van der Waals surface area contributed by atoms with Gasteiger partial charge in [-0.3, -0.25) is 14.4 Å². The van der Waals surface area contributed by atoms with Crippen molar-refractivity contribution >= 4 is 34.8 Å². The van der Waals surface area contributed by atoms with E-state index in [1.54, 1.807) is 30.4 Å². The lowest BCUT2D eigenvalue weighted by atomic mass is 9.97. The smallest absolute Gasteiger partial charge is 0.302 e. The normalized spacial score (nSPS) is 20.0. The molecule has 1 amide bonds. The molecule has 11 nitrogen and oxygen atoms in total. The zero-order chi connectivity index (χ0) is 34.0. The molecular weight excluding hydrogens is 625 g/mol. The Kier molecular flexibility index (Phi) is 7.78. The van der Waals surface area contributed by atoms with E-state index < -0.39 is 11.8 Å². The van der Waals surface area contributed by atoms with Gasteiger partial charge in [-0.25, -0.2) is 9.37 Å². The Hall–Kier alpha value is -4.97. The quantitative estimate of drug-likeness (QED) is 0.276. The van der Waals surface area contributed by atoms with Crippen LogP contribution in [0.2, 0.25) is 0 Å². The molecule has 0 spiro atoms. The molecule has 2 unspecified atom stereocenters. The highest BCUT2D eigenvalue weighted by molar-refractivity contribution is 6.07. The highest BCUT2D eigenvalue weighted by Gasteiger charge is 2.43. The number of ether oxygens (including phenoxy) is 1. The summed E-state index contributed by atoms with van der Waals surface area (Å²) in [6, 6.07) is 10.2. The van der Waals surface area contributed by atoms with Gasteiger partial charge in [-0.1, -0.05) is 0 Å². The maximum Gasteiger partial charge on any atom is 0.302 e. The summed E-state index contributed by atoms with van der Waals surface area (Å²) in [7, 11) is 3.74. The Morgan fingerprint density at radius 1 is 1.00 bits per heavy atom. The predicted octanol–water partition coefficient (Wildman–Crippen LogP) is 4.97. The number of likely N-dealkylation sites (N-methyl/N-ethyl adjacent to an activating group) is 1. The zero-order valence-electron chi connectivity index (χ0n) is 28.0. The molecule has 2 aliphatic carbocycles. The van der Waals surface area contributed by atoms with Gasteiger partial charge in [-0.15, -0.1) is 0 Å². The fourth-order valence-electron chi connectivity index (χ4n) is 8.21. The van der Waals surface area contributed by atoms with E-state index in [4.69, 9.17) is 4.74 Å². The third kappa shape index (κ3) is 5.57. The number of nitrogens with one attached hydrogen (secondary N) is 1. The van der Waals surface area contributed by atoms with Crippen LogP contribution < -0.4 is 20.7 Å². The van der Waals surface area contributed by atoms with Crippen LogP contribution in [0.5, 0.6) is 0 Å². The number of hydrogen-bond donors (Lipinski definition) is 1. The Labute approximate surface area is 283 Å². The van der Waals surface area contributed by atoms with Crippen molar-refractivity contribution in [3.05, 3.63) is 87.5 Å². The summed E-state index contributed by atoms with van der Waals surface area (Å²) in [4.78, 5) is 50.2. The number of fused-ring (bicyclic) bond motifs is 7. The number of nitrogens with zero attached hydrogens (tertiary/aromatic N) is 6. The van der Waals surface area contributed by atoms with Gasteiger partial charge in [0.05, 0.1) is 17.6 Å². The van der Waals surface area contributed by atoms with Crippen molar-refractivity contribution in [2.24, 2.45) is 7.05 Å². The van der Waals surface area contributed by atoms with Crippen LogP contribution in [0.15, 0.2) is 53.6 Å². The average molecular weight is 666 g/mol. The lowest BCUT2D eigenvalue weighted by molar-refractivity contribution is -0.142. The van der Waals surface area contributed by atoms with Gasteiger partial charge in [-0.2, -0.15) is 0 Å². The summed E-state index contributed by atoms with van der Waals surface area (Å²) in [5.74, 6) is 0.267. The predicted molar refractivity (Wildman–Crippen MR) is 185 cm³/mol. The lowest BCUT2D eigenvalue weighted by Crippen LogP contribution is -2.44. The van der Waals surface area contributed by atoms with Gasteiger partial charge in [0.2, 0.25) is 0 Å². The Balaban J connectivity index is 1.14. The number of pyridine rings is 2. The van der Waals surface area contributed by atoms with Crippen LogP contribution in [0.4, 0.5) is 27.3 Å². The molecule has 3 aromatic heterocycles. The number of amides is 1. The minimum atomic E-state index is -0.546. The SMILES string of the molecule is CC(=O)OCc1c(-c2cc(Nc3ccc(N4CCN(C)CC4)cn3)c(=O)n(C)c2)cc(F)cc1N1CCn2c(cc3c2C2CCC3C2)C1=O. The standard InChI is InChI=1S/C37H40FN7O4/c1-22(46)49-21-30-28(16-26(38)17-32(30)45-13-12-44-33(37(45)48)18-29-23-4-5-24(14-23)35(29)44)25-15-31(36(47)42(3)20-25)40-34-7-6-27(19-39-34)43-10-8-41(2)9-11-43/h6-7,15-20,23-24H,4-5,8-14,21H2,1-3H3,(H,39,40). The minimum Gasteiger partial charge on any atom is -0.461 e. The number of aryl methyl sites for hydroxylation is 1. The maximum atomic E-state index is 15.6. The van der Waals surface area contributed by atoms with Crippen LogP contribution in [-0.2, 0) is 29.7 Å². The van der Waals surface area contributed by atoms with Crippen LogP contribution in [0.25, 0.3) is 11.1 Å². The van der Waals surface area contributed by atoms with E-state index in [0.29, 0.717) is 58.8 Å². The topological polar surface area (TPSA) is 105 Å². The first kappa shape index (κ1) is 31.3. The molecule has 4 aliphatic rings. The zero-order valence-corrected chi connectivity index (χ0v) is 28.0. The lowest BCUT2D eigenvalue weighted by Gasteiger charge is -2.33. The van der Waals surface area contributed by atoms with E-state index in [2.05, 4.69) is 31.7 Å². The highest BCUT2D eigenvalue weighted by Crippen LogP contribution is 2.54. The molecule has 2 fully saturated rings. The Bertz CT molecular complexity index is 2030. The van der Waals surface area contributed by atoms with Crippen molar-refractivity contribution in [1.29, 1.82) is 0 Å². The molecule has 4 aromatic rings. The first-order valence-corrected chi connectivity index (χ1v) is 17.0. The monoisotopic (exact) mass is 665 g/mol. The Morgan fingerprint density at radius 3 is 2.55 bits per heavy atom. The number of halogens is 1. The van der Waals surface area contributed by atoms with Crippen molar-refractivity contribution in [2.75, 3.05) is 54.9 Å². The molecule has 8 rings (SSSR count). The second kappa shape index (κ2) is 12.2. The van der Waals surface area contributed by atoms with Crippen LogP contribution in [0, 0.1) is 5.82 Å². The molecule has 2 aliphatic heterocycles. The van der Waals surface area contributed by atoms with Crippen molar-refractivity contribution in [1.82, 2.24) is 19.0 Å². The third-order valence-corrected chi connectivity index (χ3v) is 10.7. The second-order valence-electron chi connectivity index (χ2n) is 13.8. The molecule has 2 bridgehead atoms. The van der Waals surface area contributed by atoms with Gasteiger partial charge < -0.3 is 33.9 Å². The molecule has 49 heavy (non-hydrogen) atoms. The number of rotatable bonds is 7. The van der Waals surface area contributed by atoms with Gasteiger partial charge in [0.15, 0.2) is 0 Å². The van der Waals surface area contributed by atoms with Gasteiger partial charge >= 0.3 is 5.97 Å². The van der Waals surface area contributed by atoms with E-state index in [-0.39, 0.29) is 23.8 Å². The van der Waals surface area contributed by atoms with Crippen molar-refractivity contribution in [2.45, 2.75) is 51.2 Å². The number of esters is 1. The first-order chi connectivity index (χ1) is 23.6. The molecule has 1 saturated heterocycles. The van der Waals surface area contributed by atoms with Gasteiger partial charge in [0.25, 0.3) is 11.5 Å². The van der Waals surface area contributed by atoms with Crippen molar-refractivity contribution in [3.63, 3.8) is 0 Å². The second-order valence-corrected chi connectivity index (χ2v) is 13.8. The molecule has 2 atom stereocenters. The van der Waals surface area contributed by atoms with Crippen LogP contribution in [0.3, 0.4) is 0 Å². The summed E-state index contributed by atoms with van der Waals surface area (Å²) < 4.78 is 24.7. The van der Waals surface area contributed by atoms with Gasteiger partial charge in [0, 0.05) is 82.2 Å². The molecule has 5 heterocycles. The number of benzene rings is 1. The fraction of sp³-hybridized carbons (Fsp3) is 0.405. The average Bonchev–Trinajstić information content (AvgIpc) is 3.81. The molecule has 254 valence electrons. The summed E-state index contributed by atoms with van der Waals surface area (Å²) in [6.07, 6.45) is 6.90. The first-order valence-electron chi connectivity index (χ1n) is 17.0. The summed E-state index contributed by atoms with van der Waals surface area (Å²) in [5, 5.41) is 3.15. The minimum absolute atomic E-state index is 0.174. The number of aromatic nitrogens is 3. The van der Waals surface area contributed by atoms with Crippen LogP contribution >= 0.6 is 0 Å². The van der Waals surface area contributed by atoms with E-state index in [9.17, 15) is 14.4 Å². The molecule has 0 radical (unpaired) electrons. The summed E-state index contributed by atoms with van der Waals surface area (Å²) in [6.45, 7) is 5.89. The molecular formula is C37H40FN7O4. The molecule has 12 heteroatoms. The van der Waals surface area contributed by atoms with Gasteiger partial charge in [0.1, 0.15) is 29.6 Å². The number of piperazine rings is 1. The number of hydrogen-bond acceptors (Lipinski definition) is 8. The fourth-order valence-corrected chi connectivity index (χ4v) is 8.21. The largest absolute Gasteiger partial charge is 0.461 e. The summed E-state index contributed by atoms with van der Waals surface area (Å²) >= 11 is 0. The maximum absolute atomic E-state index is 15.6. The van der Waals surface area contributed by atoms with E-state index >= 15 is 4.39 Å². The van der Waals surface area contributed by atoms with Crippen molar-refractivity contribution < 1.29 is 18.7 Å². The van der Waals surface area contributed by atoms with Gasteiger partial charge in [-0.05, 0) is 79.8 Å². The van der Waals surface area contributed by atoms with E-state index in [1.165, 1.54) is 34.9 Å². The summed E-state index contributed by atoms with van der Waals surface area (Å²) in [5.41, 5.74) is 5.95. The highest BCUT2D eigenvalue weighted by atomic mass is 19.1. The molecule has 1 N–H and O–H groups in total. The number of carbonyl (C=O) groups excluding carboxylic acids is 2. The number of anilines is 4. The van der Waals surface area contributed by atoms with Crippen LogP contribution in [0.1, 0.15) is 65.3 Å². The van der Waals surface area contributed by atoms with Crippen LogP contribution in [-0.4, -0.2) is 70.7 Å². The number of carbonyl (C=O) groups is 2. The van der Waals surface area contributed by atoms with E-state index in [1.807, 2.05) is 18.2 Å². The third-order valence-electron chi connectivity index (χ3n) is 10.7.